The van der Waals surface area contributed by atoms with E-state index in [0.29, 0.717) is 59.9 Å². The second kappa shape index (κ2) is 13.9. The summed E-state index contributed by atoms with van der Waals surface area (Å²) in [6.45, 7) is 0.848. The second-order valence-electron chi connectivity index (χ2n) is 11.7. The lowest BCUT2D eigenvalue weighted by atomic mass is 9.84. The molecular weight excluding hydrogens is 602 g/mol. The molecule has 0 spiro atoms. The maximum Gasteiger partial charge on any atom is 0.257 e. The number of para-hydroxylation sites is 2. The fourth-order valence-corrected chi connectivity index (χ4v) is 6.08. The number of ether oxygens (including phenoxy) is 2. The average molecular weight is 636 g/mol. The number of allylic oxidation sites excluding steroid dienone is 8. The minimum Gasteiger partial charge on any atom is -0.483 e. The van der Waals surface area contributed by atoms with E-state index in [9.17, 15) is 28.8 Å². The number of hydrogen-bond donors (Lipinski definition) is 3. The zero-order valence-electron chi connectivity index (χ0n) is 25.6. The van der Waals surface area contributed by atoms with Crippen molar-refractivity contribution >= 4 is 34.9 Å². The van der Waals surface area contributed by atoms with Crippen molar-refractivity contribution in [3.63, 3.8) is 0 Å². The summed E-state index contributed by atoms with van der Waals surface area (Å²) in [4.78, 5) is 79.0. The van der Waals surface area contributed by atoms with E-state index in [1.165, 1.54) is 24.3 Å². The van der Waals surface area contributed by atoms with Crippen LogP contribution in [0.25, 0.3) is 0 Å². The zero-order chi connectivity index (χ0) is 32.9. The standard InChI is InChI=1S/C36H33N3O8/c40-29-15-25-11-21-3-1-4-22-12-26-16-30(41)18-28(34(26)45)14-24-6-2-5-23(13-27(17-29)33(25)44)36(24)47-20-32(43)39-10-8-37-7-9-38-31(42)19-46-35(21)22/h1-6,15-18,37H,7-14,19-20H2,(H,38,42)(H,39,43). The molecule has 0 radical (unpaired) electrons. The highest BCUT2D eigenvalue weighted by molar-refractivity contribution is 6.21. The summed E-state index contributed by atoms with van der Waals surface area (Å²) in [5.41, 5.74) is 3.14. The largest absolute Gasteiger partial charge is 0.483 e. The molecule has 10 bridgehead atoms. The molecule has 0 saturated carbocycles. The molecule has 0 aromatic heterocycles. The Labute approximate surface area is 270 Å². The van der Waals surface area contributed by atoms with Crippen LogP contribution in [0.15, 0.2) is 83.0 Å². The van der Waals surface area contributed by atoms with E-state index in [0.717, 1.165) is 0 Å². The molecule has 1 heterocycles. The van der Waals surface area contributed by atoms with Crippen LogP contribution in [-0.4, -0.2) is 74.3 Å². The summed E-state index contributed by atoms with van der Waals surface area (Å²) in [5, 5.41) is 8.70. The average Bonchev–Trinajstić information content (AvgIpc) is 3.03. The van der Waals surface area contributed by atoms with E-state index in [-0.39, 0.29) is 96.1 Å². The Hall–Kier alpha value is -5.42. The van der Waals surface area contributed by atoms with E-state index >= 15 is 0 Å². The van der Waals surface area contributed by atoms with Crippen LogP contribution in [0.4, 0.5) is 0 Å². The van der Waals surface area contributed by atoms with Gasteiger partial charge in [-0.1, -0.05) is 36.4 Å². The number of hydrogen-bond acceptors (Lipinski definition) is 9. The fourth-order valence-electron chi connectivity index (χ4n) is 6.08. The molecule has 6 rings (SSSR count). The molecular formula is C36H33N3O8. The van der Waals surface area contributed by atoms with Crippen LogP contribution in [0.1, 0.15) is 22.3 Å². The molecule has 11 heteroatoms. The van der Waals surface area contributed by atoms with Gasteiger partial charge in [-0.2, -0.15) is 0 Å². The van der Waals surface area contributed by atoms with Gasteiger partial charge in [0.15, 0.2) is 36.3 Å². The van der Waals surface area contributed by atoms with Gasteiger partial charge in [0.2, 0.25) is 0 Å². The first-order chi connectivity index (χ1) is 22.7. The number of carbonyl (C=O) groups is 6. The highest BCUT2D eigenvalue weighted by atomic mass is 16.5. The molecule has 11 nitrogen and oxygen atoms in total. The Kier molecular flexibility index (Phi) is 9.35. The smallest absolute Gasteiger partial charge is 0.257 e. The number of nitrogens with one attached hydrogen (secondary N) is 3. The summed E-state index contributed by atoms with van der Waals surface area (Å²) in [7, 11) is 0. The Morgan fingerprint density at radius 3 is 1.15 bits per heavy atom. The lowest BCUT2D eigenvalue weighted by Gasteiger charge is -2.22. The topological polar surface area (TPSA) is 157 Å². The minimum absolute atomic E-state index is 0.0251. The Morgan fingerprint density at radius 2 is 0.809 bits per heavy atom. The first-order valence-corrected chi connectivity index (χ1v) is 15.5. The molecule has 2 aromatic carbocycles. The van der Waals surface area contributed by atoms with Gasteiger partial charge in [0.25, 0.3) is 11.8 Å². The number of benzene rings is 2. The number of carbonyl (C=O) groups excluding carboxylic acids is 6. The monoisotopic (exact) mass is 635 g/mol. The van der Waals surface area contributed by atoms with Crippen LogP contribution >= 0.6 is 0 Å². The molecule has 240 valence electrons. The highest BCUT2D eigenvalue weighted by Gasteiger charge is 2.29. The highest BCUT2D eigenvalue weighted by Crippen LogP contribution is 2.35. The summed E-state index contributed by atoms with van der Waals surface area (Å²) in [5.74, 6) is -1.49. The SMILES string of the molecule is O=C1C=C2Cc3cccc4c3OCC(=O)NCCNCCNC(=O)COc3c(cccc3CC3=CC(=O)C=C(C4)C3=O)CC(=C1)C2=O. The Morgan fingerprint density at radius 1 is 0.468 bits per heavy atom. The van der Waals surface area contributed by atoms with Crippen molar-refractivity contribution in [2.75, 3.05) is 39.4 Å². The van der Waals surface area contributed by atoms with Crippen LogP contribution in [0, 0.1) is 0 Å². The molecule has 0 atom stereocenters. The van der Waals surface area contributed by atoms with Crippen molar-refractivity contribution in [1.82, 2.24) is 16.0 Å². The summed E-state index contributed by atoms with van der Waals surface area (Å²) < 4.78 is 12.2. The molecule has 1 aliphatic heterocycles. The third-order valence-corrected chi connectivity index (χ3v) is 8.26. The van der Waals surface area contributed by atoms with Crippen LogP contribution < -0.4 is 25.4 Å². The number of rotatable bonds is 0. The normalized spacial score (nSPS) is 19.6. The van der Waals surface area contributed by atoms with Gasteiger partial charge in [-0.05, 0) is 46.6 Å². The fraction of sp³-hybridized carbons (Fsp3) is 0.278. The molecule has 47 heavy (non-hydrogen) atoms. The second-order valence-corrected chi connectivity index (χ2v) is 11.7. The number of Topliss-reactive ketones (excluding diaryl/α,β-unsaturated/α-hetero) is 2. The lowest BCUT2D eigenvalue weighted by molar-refractivity contribution is -0.123. The molecule has 0 saturated heterocycles. The first-order valence-electron chi connectivity index (χ1n) is 15.5. The Bertz CT molecular complexity index is 1610. The van der Waals surface area contributed by atoms with Crippen LogP contribution in [-0.2, 0) is 54.5 Å². The van der Waals surface area contributed by atoms with Gasteiger partial charge in [0.05, 0.1) is 0 Å². The predicted octanol–water partition coefficient (Wildman–Crippen LogP) is 1.17. The van der Waals surface area contributed by atoms with Gasteiger partial charge in [-0.3, -0.25) is 28.8 Å². The van der Waals surface area contributed by atoms with E-state index in [4.69, 9.17) is 9.47 Å². The maximum atomic E-state index is 13.9. The van der Waals surface area contributed by atoms with Crippen LogP contribution in [0.5, 0.6) is 11.5 Å². The summed E-state index contributed by atoms with van der Waals surface area (Å²) in [6, 6.07) is 10.5. The lowest BCUT2D eigenvalue weighted by Crippen LogP contribution is -2.38. The molecule has 0 unspecified atom stereocenters. The van der Waals surface area contributed by atoms with Crippen molar-refractivity contribution in [3.8, 4) is 11.5 Å². The number of amides is 2. The van der Waals surface area contributed by atoms with Crippen molar-refractivity contribution in [2.24, 2.45) is 0 Å². The van der Waals surface area contributed by atoms with E-state index in [1.54, 1.807) is 36.4 Å². The van der Waals surface area contributed by atoms with Gasteiger partial charge in [0, 0.05) is 74.2 Å². The molecule has 2 amide bonds. The van der Waals surface area contributed by atoms with Crippen LogP contribution in [0.2, 0.25) is 0 Å². The molecule has 2 aromatic rings. The predicted molar refractivity (Wildman–Crippen MR) is 170 cm³/mol. The number of fused-ring (bicyclic) bond motifs is 2. The summed E-state index contributed by atoms with van der Waals surface area (Å²) >= 11 is 0. The summed E-state index contributed by atoms with van der Waals surface area (Å²) in [6.07, 6.45) is 5.29. The Balaban J connectivity index is 1.50. The van der Waals surface area contributed by atoms with E-state index < -0.39 is 0 Å². The number of ketones is 4. The third kappa shape index (κ3) is 7.36. The van der Waals surface area contributed by atoms with Crippen molar-refractivity contribution < 1.29 is 38.2 Å². The van der Waals surface area contributed by atoms with Crippen molar-refractivity contribution in [3.05, 3.63) is 105 Å². The third-order valence-electron chi connectivity index (χ3n) is 8.26. The molecule has 3 N–H and O–H groups in total. The molecule has 3 aliphatic carbocycles. The van der Waals surface area contributed by atoms with Gasteiger partial charge >= 0.3 is 0 Å². The van der Waals surface area contributed by atoms with Crippen molar-refractivity contribution in [1.29, 1.82) is 0 Å². The quantitative estimate of drug-likeness (QED) is 0.362. The van der Waals surface area contributed by atoms with E-state index in [1.807, 2.05) is 0 Å². The van der Waals surface area contributed by atoms with Crippen molar-refractivity contribution in [2.45, 2.75) is 25.7 Å². The maximum absolute atomic E-state index is 13.9. The minimum atomic E-state index is -0.388. The zero-order valence-corrected chi connectivity index (χ0v) is 25.6. The first kappa shape index (κ1) is 31.6. The molecule has 0 fully saturated rings. The van der Waals surface area contributed by atoms with Crippen LogP contribution in [0.3, 0.4) is 0 Å². The van der Waals surface area contributed by atoms with Gasteiger partial charge < -0.3 is 25.4 Å². The van der Waals surface area contributed by atoms with E-state index in [2.05, 4.69) is 16.0 Å². The van der Waals surface area contributed by atoms with Gasteiger partial charge in [-0.15, -0.1) is 0 Å². The van der Waals surface area contributed by atoms with Gasteiger partial charge in [-0.25, -0.2) is 0 Å². The van der Waals surface area contributed by atoms with Gasteiger partial charge in [0.1, 0.15) is 11.5 Å². The molecule has 4 aliphatic rings.